The van der Waals surface area contributed by atoms with E-state index in [9.17, 15) is 9.18 Å². The maximum Gasteiger partial charge on any atom is 0.259 e. The van der Waals surface area contributed by atoms with Crippen LogP contribution in [-0.2, 0) is 6.42 Å². The number of rotatable bonds is 3. The summed E-state index contributed by atoms with van der Waals surface area (Å²) in [6, 6.07) is 9.26. The summed E-state index contributed by atoms with van der Waals surface area (Å²) in [5.74, 6) is -0.695. The van der Waals surface area contributed by atoms with Crippen LogP contribution in [0.5, 0.6) is 5.88 Å². The summed E-state index contributed by atoms with van der Waals surface area (Å²) in [5, 5.41) is 0. The van der Waals surface area contributed by atoms with E-state index in [4.69, 9.17) is 4.74 Å². The van der Waals surface area contributed by atoms with E-state index in [1.165, 1.54) is 18.7 Å². The number of pyridine rings is 1. The van der Waals surface area contributed by atoms with Crippen molar-refractivity contribution in [2.24, 2.45) is 0 Å². The van der Waals surface area contributed by atoms with Crippen LogP contribution in [0.25, 0.3) is 0 Å². The van der Waals surface area contributed by atoms with Crippen molar-refractivity contribution in [2.45, 2.75) is 18.9 Å². The average Bonchev–Trinajstić information content (AvgIpc) is 2.97. The molecule has 0 saturated heterocycles. The molecule has 0 radical (unpaired) electrons. The van der Waals surface area contributed by atoms with E-state index in [-0.39, 0.29) is 23.4 Å². The second kappa shape index (κ2) is 5.75. The molecule has 114 valence electrons. The molecule has 0 N–H and O–H groups in total. The fourth-order valence-corrected chi connectivity index (χ4v) is 3.01. The molecule has 1 aliphatic carbocycles. The summed E-state index contributed by atoms with van der Waals surface area (Å²) in [5.41, 5.74) is 2.56. The first-order valence-corrected chi connectivity index (χ1v) is 7.16. The van der Waals surface area contributed by atoms with Crippen molar-refractivity contribution in [2.75, 3.05) is 14.2 Å². The second-order valence-electron chi connectivity index (χ2n) is 5.38. The van der Waals surface area contributed by atoms with Gasteiger partial charge in [-0.1, -0.05) is 24.3 Å². The Morgan fingerprint density at radius 3 is 2.95 bits per heavy atom. The molecule has 1 aromatic carbocycles. The smallest absolute Gasteiger partial charge is 0.259 e. The number of hydrogen-bond acceptors (Lipinski definition) is 3. The number of benzene rings is 1. The van der Waals surface area contributed by atoms with E-state index >= 15 is 0 Å². The van der Waals surface area contributed by atoms with Crippen LogP contribution in [0.1, 0.15) is 33.9 Å². The number of halogens is 1. The van der Waals surface area contributed by atoms with Gasteiger partial charge in [0.05, 0.1) is 19.3 Å². The number of hydrogen-bond donors (Lipinski definition) is 0. The van der Waals surface area contributed by atoms with Crippen molar-refractivity contribution in [3.63, 3.8) is 0 Å². The zero-order valence-corrected chi connectivity index (χ0v) is 12.5. The molecular formula is C17H17FN2O2. The van der Waals surface area contributed by atoms with Crippen LogP contribution in [0.4, 0.5) is 4.39 Å². The SMILES string of the molecule is COc1ncc(F)cc1C(=O)N(C)C1CCc2ccccc21. The Hall–Kier alpha value is -2.43. The third-order valence-corrected chi connectivity index (χ3v) is 4.13. The monoisotopic (exact) mass is 300 g/mol. The molecule has 3 rings (SSSR count). The minimum absolute atomic E-state index is 0.00308. The van der Waals surface area contributed by atoms with E-state index in [1.54, 1.807) is 11.9 Å². The Balaban J connectivity index is 1.92. The third-order valence-electron chi connectivity index (χ3n) is 4.13. The van der Waals surface area contributed by atoms with Crippen molar-refractivity contribution in [3.05, 3.63) is 59.0 Å². The first-order valence-electron chi connectivity index (χ1n) is 7.16. The average molecular weight is 300 g/mol. The predicted octanol–water partition coefficient (Wildman–Crippen LogP) is 2.99. The van der Waals surface area contributed by atoms with E-state index < -0.39 is 5.82 Å². The van der Waals surface area contributed by atoms with E-state index in [1.807, 2.05) is 18.2 Å². The second-order valence-corrected chi connectivity index (χ2v) is 5.38. The lowest BCUT2D eigenvalue weighted by molar-refractivity contribution is 0.0725. The fraction of sp³-hybridized carbons (Fsp3) is 0.294. The first-order chi connectivity index (χ1) is 10.6. The summed E-state index contributed by atoms with van der Waals surface area (Å²) in [6.45, 7) is 0. The number of carbonyl (C=O) groups is 1. The fourth-order valence-electron chi connectivity index (χ4n) is 3.01. The molecule has 1 atom stereocenters. The number of fused-ring (bicyclic) bond motifs is 1. The Morgan fingerprint density at radius 2 is 2.18 bits per heavy atom. The van der Waals surface area contributed by atoms with Gasteiger partial charge in [-0.2, -0.15) is 0 Å². The van der Waals surface area contributed by atoms with Gasteiger partial charge in [0, 0.05) is 7.05 Å². The summed E-state index contributed by atoms with van der Waals surface area (Å²) in [4.78, 5) is 18.2. The van der Waals surface area contributed by atoms with Gasteiger partial charge in [-0.05, 0) is 30.0 Å². The number of methoxy groups -OCH3 is 1. The molecule has 1 heterocycles. The number of aryl methyl sites for hydroxylation is 1. The number of amides is 1. The summed E-state index contributed by atoms with van der Waals surface area (Å²) in [6.07, 6.45) is 2.85. The normalized spacial score (nSPS) is 16.2. The number of nitrogens with zero attached hydrogens (tertiary/aromatic N) is 2. The quantitative estimate of drug-likeness (QED) is 0.875. The number of ether oxygens (including phenoxy) is 1. The van der Waals surface area contributed by atoms with Crippen LogP contribution in [0, 0.1) is 5.82 Å². The van der Waals surface area contributed by atoms with Gasteiger partial charge in [0.1, 0.15) is 11.4 Å². The minimum Gasteiger partial charge on any atom is -0.480 e. The molecule has 1 unspecified atom stereocenters. The van der Waals surface area contributed by atoms with Crippen LogP contribution in [-0.4, -0.2) is 29.9 Å². The maximum atomic E-state index is 13.4. The van der Waals surface area contributed by atoms with Gasteiger partial charge < -0.3 is 9.64 Å². The van der Waals surface area contributed by atoms with E-state index in [2.05, 4.69) is 11.1 Å². The van der Waals surface area contributed by atoms with Crippen LogP contribution in [0.15, 0.2) is 36.5 Å². The largest absolute Gasteiger partial charge is 0.480 e. The van der Waals surface area contributed by atoms with Crippen LogP contribution < -0.4 is 4.74 Å². The summed E-state index contributed by atoms with van der Waals surface area (Å²) < 4.78 is 18.5. The van der Waals surface area contributed by atoms with Crippen molar-refractivity contribution in [3.8, 4) is 5.88 Å². The van der Waals surface area contributed by atoms with E-state index in [0.717, 1.165) is 24.6 Å². The highest BCUT2D eigenvalue weighted by Crippen LogP contribution is 2.36. The summed E-state index contributed by atoms with van der Waals surface area (Å²) >= 11 is 0. The lowest BCUT2D eigenvalue weighted by Crippen LogP contribution is -2.30. The number of carbonyl (C=O) groups excluding carboxylic acids is 1. The van der Waals surface area contributed by atoms with Crippen molar-refractivity contribution >= 4 is 5.91 Å². The van der Waals surface area contributed by atoms with Gasteiger partial charge in [-0.25, -0.2) is 9.37 Å². The topological polar surface area (TPSA) is 42.4 Å². The highest BCUT2D eigenvalue weighted by Gasteiger charge is 2.30. The van der Waals surface area contributed by atoms with Crippen molar-refractivity contribution in [1.29, 1.82) is 0 Å². The Bertz CT molecular complexity index is 718. The Morgan fingerprint density at radius 1 is 1.41 bits per heavy atom. The lowest BCUT2D eigenvalue weighted by Gasteiger charge is -2.26. The van der Waals surface area contributed by atoms with Gasteiger partial charge in [-0.15, -0.1) is 0 Å². The molecule has 1 aromatic heterocycles. The van der Waals surface area contributed by atoms with Gasteiger partial charge in [0.25, 0.3) is 5.91 Å². The van der Waals surface area contributed by atoms with Gasteiger partial charge in [-0.3, -0.25) is 4.79 Å². The minimum atomic E-state index is -0.552. The van der Waals surface area contributed by atoms with Crippen LogP contribution in [0.3, 0.4) is 0 Å². The summed E-state index contributed by atoms with van der Waals surface area (Å²) in [7, 11) is 3.15. The lowest BCUT2D eigenvalue weighted by atomic mass is 10.1. The standard InChI is InChI=1S/C17H17FN2O2/c1-20(15-8-7-11-5-3-4-6-13(11)15)17(21)14-9-12(18)10-19-16(14)22-2/h3-6,9-10,15H,7-8H2,1-2H3. The van der Waals surface area contributed by atoms with Crippen molar-refractivity contribution in [1.82, 2.24) is 9.88 Å². The number of aromatic nitrogens is 1. The molecule has 2 aromatic rings. The molecule has 1 aliphatic rings. The molecule has 5 heteroatoms. The first kappa shape index (κ1) is 14.5. The molecule has 0 saturated carbocycles. The zero-order valence-electron chi connectivity index (χ0n) is 12.5. The highest BCUT2D eigenvalue weighted by atomic mass is 19.1. The molecule has 0 bridgehead atoms. The molecule has 4 nitrogen and oxygen atoms in total. The van der Waals surface area contributed by atoms with Crippen molar-refractivity contribution < 1.29 is 13.9 Å². The molecule has 0 fully saturated rings. The maximum absolute atomic E-state index is 13.4. The highest BCUT2D eigenvalue weighted by molar-refractivity contribution is 5.96. The van der Waals surface area contributed by atoms with Gasteiger partial charge in [0.15, 0.2) is 0 Å². The molecule has 1 amide bonds. The van der Waals surface area contributed by atoms with Crippen LogP contribution >= 0.6 is 0 Å². The predicted molar refractivity (Wildman–Crippen MR) is 80.3 cm³/mol. The molecular weight excluding hydrogens is 283 g/mol. The van der Waals surface area contributed by atoms with Crippen LogP contribution in [0.2, 0.25) is 0 Å². The molecule has 22 heavy (non-hydrogen) atoms. The Kier molecular flexibility index (Phi) is 3.79. The molecule has 0 aliphatic heterocycles. The van der Waals surface area contributed by atoms with E-state index in [0.29, 0.717) is 0 Å². The van der Waals surface area contributed by atoms with Gasteiger partial charge >= 0.3 is 0 Å². The van der Waals surface area contributed by atoms with Gasteiger partial charge in [0.2, 0.25) is 5.88 Å². The zero-order chi connectivity index (χ0) is 15.7. The molecule has 0 spiro atoms. The Labute approximate surface area is 128 Å². The third kappa shape index (κ3) is 2.43.